The predicted octanol–water partition coefficient (Wildman–Crippen LogP) is 9.47. The zero-order valence-electron chi connectivity index (χ0n) is 25.3. The van der Waals surface area contributed by atoms with Crippen LogP contribution < -0.4 is 9.64 Å². The third kappa shape index (κ3) is 5.74. The summed E-state index contributed by atoms with van der Waals surface area (Å²) in [6.45, 7) is 15.7. The number of anilines is 1. The zero-order valence-corrected chi connectivity index (χ0v) is 26.1. The number of aromatic nitrogens is 2. The minimum atomic E-state index is -0.545. The molecule has 0 bridgehead atoms. The summed E-state index contributed by atoms with van der Waals surface area (Å²) in [6.07, 6.45) is 2.86. The van der Waals surface area contributed by atoms with E-state index >= 15 is 8.78 Å². The molecule has 4 rings (SSSR count). The van der Waals surface area contributed by atoms with Gasteiger partial charge in [0, 0.05) is 33.8 Å². The molecule has 4 aromatic rings. The van der Waals surface area contributed by atoms with Crippen molar-refractivity contribution in [1.29, 1.82) is 5.26 Å². The molecule has 0 spiro atoms. The van der Waals surface area contributed by atoms with Gasteiger partial charge in [0.05, 0.1) is 17.4 Å². The molecule has 0 saturated heterocycles. The van der Waals surface area contributed by atoms with Crippen molar-refractivity contribution in [3.05, 3.63) is 46.3 Å². The molecule has 0 radical (unpaired) electrons. The molecule has 0 amide bonds. The lowest BCUT2D eigenvalue weighted by molar-refractivity contribution is 0.374. The maximum atomic E-state index is 16.6. The molecule has 41 heavy (non-hydrogen) atoms. The van der Waals surface area contributed by atoms with E-state index in [0.29, 0.717) is 50.8 Å². The van der Waals surface area contributed by atoms with E-state index in [0.717, 1.165) is 24.1 Å². The Morgan fingerprint density at radius 2 is 1.71 bits per heavy atom. The van der Waals surface area contributed by atoms with Crippen molar-refractivity contribution in [2.24, 2.45) is 11.8 Å². The van der Waals surface area contributed by atoms with Crippen molar-refractivity contribution >= 4 is 38.1 Å². The van der Waals surface area contributed by atoms with Gasteiger partial charge in [0.15, 0.2) is 5.82 Å². The first-order chi connectivity index (χ1) is 19.6. The van der Waals surface area contributed by atoms with E-state index in [1.165, 1.54) is 24.5 Å². The van der Waals surface area contributed by atoms with Crippen LogP contribution in [0, 0.1) is 34.8 Å². The standard InChI is InChI=1S/C33H40F2N4OS/c1-9-20(7)30-24(17-36)27-21(14-15-25(34)31(27)41-30)22-12-13-23-29(28(22)35)37-33(40-8)38-32(23)39(10-2)26(19(5)6)16-11-18(3)4/h12-15,18-20,26H,9-11,16H2,1-8H3. The minimum Gasteiger partial charge on any atom is -0.467 e. The lowest BCUT2D eigenvalue weighted by Gasteiger charge is -2.36. The van der Waals surface area contributed by atoms with Crippen molar-refractivity contribution in [3.8, 4) is 23.2 Å². The Morgan fingerprint density at radius 1 is 1.00 bits per heavy atom. The van der Waals surface area contributed by atoms with Crippen LogP contribution in [0.2, 0.25) is 0 Å². The van der Waals surface area contributed by atoms with E-state index < -0.39 is 11.6 Å². The molecule has 8 heteroatoms. The highest BCUT2D eigenvalue weighted by molar-refractivity contribution is 7.19. The van der Waals surface area contributed by atoms with Gasteiger partial charge < -0.3 is 9.64 Å². The van der Waals surface area contributed by atoms with Gasteiger partial charge in [-0.3, -0.25) is 0 Å². The molecular formula is C33H40F2N4OS. The molecule has 0 aliphatic carbocycles. The quantitative estimate of drug-likeness (QED) is 0.177. The number of thiophene rings is 1. The Hall–Kier alpha value is -3.31. The van der Waals surface area contributed by atoms with Crippen molar-refractivity contribution in [1.82, 2.24) is 9.97 Å². The first-order valence-corrected chi connectivity index (χ1v) is 15.4. The number of methoxy groups -OCH3 is 1. The first-order valence-electron chi connectivity index (χ1n) is 14.5. The van der Waals surface area contributed by atoms with Crippen LogP contribution in [0.1, 0.15) is 84.1 Å². The number of hydrogen-bond acceptors (Lipinski definition) is 6. The maximum absolute atomic E-state index is 16.6. The van der Waals surface area contributed by atoms with Crippen LogP contribution in [-0.4, -0.2) is 29.7 Å². The summed E-state index contributed by atoms with van der Waals surface area (Å²) in [6, 6.07) is 9.04. The lowest BCUT2D eigenvalue weighted by atomic mass is 9.93. The highest BCUT2D eigenvalue weighted by atomic mass is 32.1. The Kier molecular flexibility index (Phi) is 9.48. The van der Waals surface area contributed by atoms with Crippen molar-refractivity contribution in [2.75, 3.05) is 18.6 Å². The summed E-state index contributed by atoms with van der Waals surface area (Å²) in [7, 11) is 1.48. The molecule has 0 N–H and O–H groups in total. The summed E-state index contributed by atoms with van der Waals surface area (Å²) < 4.78 is 37.4. The highest BCUT2D eigenvalue weighted by Crippen LogP contribution is 2.44. The van der Waals surface area contributed by atoms with E-state index in [-0.39, 0.29) is 29.1 Å². The summed E-state index contributed by atoms with van der Waals surface area (Å²) >= 11 is 1.28. The third-order valence-electron chi connectivity index (χ3n) is 8.05. The summed E-state index contributed by atoms with van der Waals surface area (Å²) in [5.74, 6) is 0.682. The second-order valence-corrected chi connectivity index (χ2v) is 12.5. The van der Waals surface area contributed by atoms with Crippen LogP contribution in [0.15, 0.2) is 24.3 Å². The number of fused-ring (bicyclic) bond motifs is 2. The van der Waals surface area contributed by atoms with E-state index in [2.05, 4.69) is 50.6 Å². The molecule has 2 unspecified atom stereocenters. The lowest BCUT2D eigenvalue weighted by Crippen LogP contribution is -2.40. The molecule has 0 aliphatic rings. The van der Waals surface area contributed by atoms with Crippen LogP contribution in [0.5, 0.6) is 6.01 Å². The Bertz CT molecular complexity index is 1590. The summed E-state index contributed by atoms with van der Waals surface area (Å²) in [5, 5.41) is 11.2. The van der Waals surface area contributed by atoms with Crippen LogP contribution >= 0.6 is 11.3 Å². The molecule has 5 nitrogen and oxygen atoms in total. The fraction of sp³-hybridized carbons (Fsp3) is 0.485. The molecule has 0 fully saturated rings. The number of halogens is 2. The number of ether oxygens (including phenoxy) is 1. The number of rotatable bonds is 11. The highest BCUT2D eigenvalue weighted by Gasteiger charge is 2.28. The molecule has 0 aliphatic heterocycles. The number of benzene rings is 2. The van der Waals surface area contributed by atoms with Gasteiger partial charge in [-0.25, -0.2) is 8.78 Å². The minimum absolute atomic E-state index is 0.0833. The molecule has 0 saturated carbocycles. The summed E-state index contributed by atoms with van der Waals surface area (Å²) in [4.78, 5) is 12.2. The van der Waals surface area contributed by atoms with Gasteiger partial charge in [-0.1, -0.05) is 53.7 Å². The van der Waals surface area contributed by atoms with Crippen molar-refractivity contribution < 1.29 is 13.5 Å². The smallest absolute Gasteiger partial charge is 0.318 e. The van der Waals surface area contributed by atoms with Crippen molar-refractivity contribution in [2.45, 2.75) is 79.7 Å². The van der Waals surface area contributed by atoms with E-state index in [1.807, 2.05) is 19.9 Å². The Balaban J connectivity index is 1.98. The first kappa shape index (κ1) is 30.6. The van der Waals surface area contributed by atoms with Crippen LogP contribution in [0.25, 0.3) is 32.1 Å². The number of nitrogens with zero attached hydrogens (tertiary/aromatic N) is 4. The predicted molar refractivity (Wildman–Crippen MR) is 166 cm³/mol. The second kappa shape index (κ2) is 12.7. The van der Waals surface area contributed by atoms with E-state index in [4.69, 9.17) is 9.72 Å². The van der Waals surface area contributed by atoms with Gasteiger partial charge in [0.25, 0.3) is 0 Å². The van der Waals surface area contributed by atoms with Gasteiger partial charge in [-0.15, -0.1) is 11.3 Å². The van der Waals surface area contributed by atoms with E-state index in [9.17, 15) is 5.26 Å². The average molecular weight is 579 g/mol. The molecule has 218 valence electrons. The van der Waals surface area contributed by atoms with Crippen LogP contribution in [-0.2, 0) is 0 Å². The summed E-state index contributed by atoms with van der Waals surface area (Å²) in [5.41, 5.74) is 1.30. The average Bonchev–Trinajstić information content (AvgIpc) is 3.35. The molecule has 2 atom stereocenters. The van der Waals surface area contributed by atoms with Gasteiger partial charge >= 0.3 is 6.01 Å². The topological polar surface area (TPSA) is 62.0 Å². The largest absolute Gasteiger partial charge is 0.467 e. The maximum Gasteiger partial charge on any atom is 0.318 e. The molecular weight excluding hydrogens is 538 g/mol. The van der Waals surface area contributed by atoms with Gasteiger partial charge in [-0.2, -0.15) is 15.2 Å². The Morgan fingerprint density at radius 3 is 2.29 bits per heavy atom. The normalized spacial score (nSPS) is 13.2. The van der Waals surface area contributed by atoms with Gasteiger partial charge in [-0.05, 0) is 61.6 Å². The fourth-order valence-electron chi connectivity index (χ4n) is 5.60. The van der Waals surface area contributed by atoms with Crippen LogP contribution in [0.4, 0.5) is 14.6 Å². The number of nitriles is 1. The fourth-order valence-corrected chi connectivity index (χ4v) is 6.91. The second-order valence-electron chi connectivity index (χ2n) is 11.5. The molecule has 2 heterocycles. The third-order valence-corrected chi connectivity index (χ3v) is 9.48. The van der Waals surface area contributed by atoms with Gasteiger partial charge in [0.1, 0.15) is 23.2 Å². The monoisotopic (exact) mass is 578 g/mol. The SMILES string of the molecule is CCC(C)c1sc2c(F)ccc(-c3ccc4c(N(CC)C(CCC(C)C)C(C)C)nc(OC)nc4c3F)c2c1C#N. The number of hydrogen-bond donors (Lipinski definition) is 0. The molecule has 2 aromatic carbocycles. The zero-order chi connectivity index (χ0) is 30.0. The Labute approximate surface area is 246 Å². The van der Waals surface area contributed by atoms with Gasteiger partial charge in [0.2, 0.25) is 0 Å². The van der Waals surface area contributed by atoms with E-state index in [1.54, 1.807) is 12.1 Å². The molecule has 2 aromatic heterocycles. The van der Waals surface area contributed by atoms with Crippen LogP contribution in [0.3, 0.4) is 0 Å². The van der Waals surface area contributed by atoms with Crippen molar-refractivity contribution in [3.63, 3.8) is 0 Å².